The van der Waals surface area contributed by atoms with Crippen LogP contribution in [0.1, 0.15) is 10.5 Å². The van der Waals surface area contributed by atoms with Crippen LogP contribution in [0.3, 0.4) is 0 Å². The largest absolute Gasteiger partial charge is 0.476 e. The zero-order valence-electron chi connectivity index (χ0n) is 10.1. The number of hydrogen-bond donors (Lipinski definition) is 3. The van der Waals surface area contributed by atoms with Gasteiger partial charge in [0, 0.05) is 37.1 Å². The average Bonchev–Trinajstić information content (AvgIpc) is 3.05. The Balaban J connectivity index is 2.25. The lowest BCUT2D eigenvalue weighted by atomic mass is 10.2. The van der Waals surface area contributed by atoms with E-state index in [2.05, 4.69) is 20.4 Å². The van der Waals surface area contributed by atoms with Crippen LogP contribution >= 0.6 is 0 Å². The van der Waals surface area contributed by atoms with E-state index in [4.69, 9.17) is 5.11 Å². The van der Waals surface area contributed by atoms with Gasteiger partial charge >= 0.3 is 5.97 Å². The average molecular weight is 257 g/mol. The van der Waals surface area contributed by atoms with Crippen molar-refractivity contribution >= 4 is 17.4 Å². The van der Waals surface area contributed by atoms with Gasteiger partial charge in [-0.2, -0.15) is 9.61 Å². The summed E-state index contributed by atoms with van der Waals surface area (Å²) >= 11 is 0. The Hall–Kier alpha value is -2.83. The summed E-state index contributed by atoms with van der Waals surface area (Å²) in [6.07, 6.45) is 3.63. The van der Waals surface area contributed by atoms with Gasteiger partial charge < -0.3 is 15.4 Å². The van der Waals surface area contributed by atoms with Crippen molar-refractivity contribution in [3.05, 3.63) is 36.3 Å². The monoisotopic (exact) mass is 257 g/mol. The van der Waals surface area contributed by atoms with Crippen molar-refractivity contribution in [2.24, 2.45) is 0 Å². The fourth-order valence-electron chi connectivity index (χ4n) is 1.89. The van der Waals surface area contributed by atoms with Gasteiger partial charge in [0.15, 0.2) is 11.3 Å². The molecule has 3 aromatic heterocycles. The summed E-state index contributed by atoms with van der Waals surface area (Å²) in [5.41, 5.74) is 2.13. The van der Waals surface area contributed by atoms with Crippen LogP contribution in [-0.2, 0) is 0 Å². The number of rotatable bonds is 3. The first-order valence-corrected chi connectivity index (χ1v) is 5.64. The van der Waals surface area contributed by atoms with Crippen molar-refractivity contribution in [1.29, 1.82) is 0 Å². The molecule has 0 fully saturated rings. The van der Waals surface area contributed by atoms with Crippen LogP contribution in [0, 0.1) is 0 Å². The Labute approximate surface area is 107 Å². The van der Waals surface area contributed by atoms with E-state index < -0.39 is 5.97 Å². The van der Waals surface area contributed by atoms with Crippen LogP contribution in [0.5, 0.6) is 0 Å². The molecule has 0 radical (unpaired) electrons. The fraction of sp³-hybridized carbons (Fsp3) is 0.0833. The first kappa shape index (κ1) is 11.3. The highest BCUT2D eigenvalue weighted by Gasteiger charge is 2.13. The van der Waals surface area contributed by atoms with Crippen molar-refractivity contribution < 1.29 is 9.90 Å². The molecule has 0 bridgehead atoms. The predicted octanol–water partition coefficient (Wildman–Crippen LogP) is 1.46. The SMILES string of the molecule is CNc1cc(-c2cc[nH]c2)nc2cc(C(=O)O)nn12. The predicted molar refractivity (Wildman–Crippen MR) is 69.3 cm³/mol. The minimum absolute atomic E-state index is 0.0322. The van der Waals surface area contributed by atoms with E-state index in [0.29, 0.717) is 11.5 Å². The summed E-state index contributed by atoms with van der Waals surface area (Å²) < 4.78 is 1.47. The Morgan fingerprint density at radius 3 is 2.95 bits per heavy atom. The van der Waals surface area contributed by atoms with Gasteiger partial charge in [0.1, 0.15) is 5.82 Å². The van der Waals surface area contributed by atoms with E-state index in [0.717, 1.165) is 11.3 Å². The molecule has 3 aromatic rings. The van der Waals surface area contributed by atoms with E-state index in [1.807, 2.05) is 18.3 Å². The number of nitrogens with one attached hydrogen (secondary N) is 2. The lowest BCUT2D eigenvalue weighted by molar-refractivity contribution is 0.0690. The number of fused-ring (bicyclic) bond motifs is 1. The fourth-order valence-corrected chi connectivity index (χ4v) is 1.89. The molecule has 0 unspecified atom stereocenters. The number of aromatic nitrogens is 4. The molecule has 0 amide bonds. The minimum atomic E-state index is -1.07. The van der Waals surface area contributed by atoms with Gasteiger partial charge in [0.25, 0.3) is 0 Å². The summed E-state index contributed by atoms with van der Waals surface area (Å²) in [5, 5.41) is 15.9. The van der Waals surface area contributed by atoms with Crippen molar-refractivity contribution in [3.8, 4) is 11.3 Å². The molecule has 0 saturated carbocycles. The molecule has 0 atom stereocenters. The molecular weight excluding hydrogens is 246 g/mol. The molecule has 7 heteroatoms. The summed E-state index contributed by atoms with van der Waals surface area (Å²) in [6, 6.07) is 5.15. The lowest BCUT2D eigenvalue weighted by Crippen LogP contribution is -2.03. The molecule has 3 N–H and O–H groups in total. The number of anilines is 1. The molecule has 96 valence electrons. The maximum atomic E-state index is 11.0. The number of carboxylic acids is 1. The highest BCUT2D eigenvalue weighted by molar-refractivity contribution is 5.87. The second-order valence-electron chi connectivity index (χ2n) is 3.98. The number of H-pyrrole nitrogens is 1. The van der Waals surface area contributed by atoms with Gasteiger partial charge in [-0.15, -0.1) is 0 Å². The van der Waals surface area contributed by atoms with Gasteiger partial charge in [0.2, 0.25) is 0 Å². The highest BCUT2D eigenvalue weighted by atomic mass is 16.4. The third-order valence-electron chi connectivity index (χ3n) is 2.80. The number of carbonyl (C=O) groups is 1. The van der Waals surface area contributed by atoms with Crippen LogP contribution in [0.15, 0.2) is 30.6 Å². The normalized spacial score (nSPS) is 10.8. The molecule has 7 nitrogen and oxygen atoms in total. The Kier molecular flexibility index (Phi) is 2.45. The summed E-state index contributed by atoms with van der Waals surface area (Å²) in [4.78, 5) is 18.3. The van der Waals surface area contributed by atoms with E-state index in [9.17, 15) is 4.79 Å². The molecule has 3 heterocycles. The smallest absolute Gasteiger partial charge is 0.356 e. The van der Waals surface area contributed by atoms with E-state index >= 15 is 0 Å². The van der Waals surface area contributed by atoms with Crippen LogP contribution in [-0.4, -0.2) is 37.7 Å². The van der Waals surface area contributed by atoms with Crippen molar-refractivity contribution in [1.82, 2.24) is 19.6 Å². The maximum Gasteiger partial charge on any atom is 0.356 e. The maximum absolute atomic E-state index is 11.0. The quantitative estimate of drug-likeness (QED) is 0.660. The third kappa shape index (κ3) is 1.81. The Bertz CT molecular complexity index is 745. The van der Waals surface area contributed by atoms with E-state index in [-0.39, 0.29) is 5.69 Å². The van der Waals surface area contributed by atoms with E-state index in [1.165, 1.54) is 10.6 Å². The first-order valence-electron chi connectivity index (χ1n) is 5.64. The summed E-state index contributed by atoms with van der Waals surface area (Å²) in [5.74, 6) is -0.399. The molecule has 0 aliphatic heterocycles. The van der Waals surface area contributed by atoms with Crippen LogP contribution < -0.4 is 5.32 Å². The zero-order valence-corrected chi connectivity index (χ0v) is 10.1. The first-order chi connectivity index (χ1) is 9.19. The number of carboxylic acid groups (broad SMARTS) is 1. The summed E-state index contributed by atoms with van der Waals surface area (Å²) in [6.45, 7) is 0. The second-order valence-corrected chi connectivity index (χ2v) is 3.98. The molecule has 0 saturated heterocycles. The Morgan fingerprint density at radius 2 is 2.32 bits per heavy atom. The summed E-state index contributed by atoms with van der Waals surface area (Å²) in [7, 11) is 1.75. The standard InChI is InChI=1S/C12H11N5O2/c1-13-10-4-8(7-2-3-14-6-7)15-11-5-9(12(18)19)16-17(10)11/h2-6,13-14H,1H3,(H,18,19). The molecular formula is C12H11N5O2. The van der Waals surface area contributed by atoms with Gasteiger partial charge in [-0.3, -0.25) is 0 Å². The number of aromatic amines is 1. The highest BCUT2D eigenvalue weighted by Crippen LogP contribution is 2.22. The van der Waals surface area contributed by atoms with Crippen molar-refractivity contribution in [2.75, 3.05) is 12.4 Å². The topological polar surface area (TPSA) is 95.3 Å². The van der Waals surface area contributed by atoms with Crippen LogP contribution in [0.2, 0.25) is 0 Å². The van der Waals surface area contributed by atoms with E-state index in [1.54, 1.807) is 13.2 Å². The van der Waals surface area contributed by atoms with Gasteiger partial charge in [-0.25, -0.2) is 9.78 Å². The van der Waals surface area contributed by atoms with Gasteiger partial charge in [0.05, 0.1) is 5.69 Å². The van der Waals surface area contributed by atoms with Crippen LogP contribution in [0.4, 0.5) is 5.82 Å². The third-order valence-corrected chi connectivity index (χ3v) is 2.80. The number of aromatic carboxylic acids is 1. The number of hydrogen-bond acceptors (Lipinski definition) is 4. The van der Waals surface area contributed by atoms with Gasteiger partial charge in [-0.05, 0) is 6.07 Å². The van der Waals surface area contributed by atoms with Crippen molar-refractivity contribution in [3.63, 3.8) is 0 Å². The second kappa shape index (κ2) is 4.13. The Morgan fingerprint density at radius 1 is 1.47 bits per heavy atom. The molecule has 19 heavy (non-hydrogen) atoms. The van der Waals surface area contributed by atoms with Crippen molar-refractivity contribution in [2.45, 2.75) is 0 Å². The minimum Gasteiger partial charge on any atom is -0.476 e. The van der Waals surface area contributed by atoms with Crippen LogP contribution in [0.25, 0.3) is 16.9 Å². The zero-order chi connectivity index (χ0) is 13.4. The molecule has 0 aliphatic carbocycles. The molecule has 0 aromatic carbocycles. The number of nitrogens with zero attached hydrogens (tertiary/aromatic N) is 3. The lowest BCUT2D eigenvalue weighted by Gasteiger charge is -2.05. The molecule has 0 spiro atoms. The molecule has 0 aliphatic rings. The molecule has 3 rings (SSSR count). The van der Waals surface area contributed by atoms with Gasteiger partial charge in [-0.1, -0.05) is 0 Å².